The van der Waals surface area contributed by atoms with E-state index in [-0.39, 0.29) is 11.8 Å². The van der Waals surface area contributed by atoms with Gasteiger partial charge in [-0.15, -0.1) is 0 Å². The monoisotopic (exact) mass is 322 g/mol. The van der Waals surface area contributed by atoms with Gasteiger partial charge in [0.2, 0.25) is 10.0 Å². The quantitative estimate of drug-likeness (QED) is 0.924. The van der Waals surface area contributed by atoms with Gasteiger partial charge in [-0.05, 0) is 25.0 Å². The second-order valence-electron chi connectivity index (χ2n) is 4.60. The largest absolute Gasteiger partial charge is 0.329 e. The van der Waals surface area contributed by atoms with Crippen LogP contribution in [-0.4, -0.2) is 31.9 Å². The molecule has 1 aromatic carbocycles. The molecule has 0 bridgehead atoms. The number of hydrogen-bond acceptors (Lipinski definition) is 3. The molecular formula is C12H16Cl2N2O2S. The van der Waals surface area contributed by atoms with E-state index in [0.29, 0.717) is 28.7 Å². The summed E-state index contributed by atoms with van der Waals surface area (Å²) >= 11 is 12.0. The fourth-order valence-corrected chi connectivity index (χ4v) is 4.93. The summed E-state index contributed by atoms with van der Waals surface area (Å²) in [7, 11) is -3.43. The molecule has 0 radical (unpaired) electrons. The number of nitrogens with two attached hydrogens (primary N) is 1. The van der Waals surface area contributed by atoms with Crippen molar-refractivity contribution in [3.63, 3.8) is 0 Å². The Labute approximate surface area is 123 Å². The highest BCUT2D eigenvalue weighted by molar-refractivity contribution is 7.88. The van der Waals surface area contributed by atoms with Crippen molar-refractivity contribution in [1.82, 2.24) is 4.31 Å². The summed E-state index contributed by atoms with van der Waals surface area (Å²) in [6, 6.07) is 4.87. The topological polar surface area (TPSA) is 63.4 Å². The first kappa shape index (κ1) is 15.1. The van der Waals surface area contributed by atoms with Crippen molar-refractivity contribution in [3.8, 4) is 0 Å². The Morgan fingerprint density at radius 2 is 1.95 bits per heavy atom. The maximum Gasteiger partial charge on any atom is 0.218 e. The predicted octanol–water partition coefficient (Wildman–Crippen LogP) is 2.25. The van der Waals surface area contributed by atoms with E-state index in [0.717, 1.165) is 12.8 Å². The predicted molar refractivity (Wildman–Crippen MR) is 77.9 cm³/mol. The van der Waals surface area contributed by atoms with Crippen molar-refractivity contribution in [2.45, 2.75) is 24.6 Å². The highest BCUT2D eigenvalue weighted by Gasteiger charge is 2.33. The van der Waals surface area contributed by atoms with Gasteiger partial charge in [-0.3, -0.25) is 0 Å². The fourth-order valence-electron chi connectivity index (χ4n) is 2.35. The molecule has 19 heavy (non-hydrogen) atoms. The third-order valence-electron chi connectivity index (χ3n) is 3.34. The third kappa shape index (κ3) is 3.23. The van der Waals surface area contributed by atoms with E-state index in [1.165, 1.54) is 4.31 Å². The summed E-state index contributed by atoms with van der Waals surface area (Å²) in [4.78, 5) is 0. The van der Waals surface area contributed by atoms with Gasteiger partial charge in [0.25, 0.3) is 0 Å². The lowest BCUT2D eigenvalue weighted by atomic mass is 10.2. The average molecular weight is 323 g/mol. The minimum atomic E-state index is -3.43. The van der Waals surface area contributed by atoms with Crippen LogP contribution in [0.1, 0.15) is 18.4 Å². The Bertz CT molecular complexity index is 543. The van der Waals surface area contributed by atoms with Crippen LogP contribution in [0.25, 0.3) is 0 Å². The van der Waals surface area contributed by atoms with Crippen LogP contribution < -0.4 is 5.73 Å². The van der Waals surface area contributed by atoms with Crippen LogP contribution in [0.3, 0.4) is 0 Å². The zero-order valence-corrected chi connectivity index (χ0v) is 12.7. The molecule has 1 saturated heterocycles. The van der Waals surface area contributed by atoms with E-state index in [1.54, 1.807) is 18.2 Å². The molecule has 1 aliphatic heterocycles. The summed E-state index contributed by atoms with van der Waals surface area (Å²) in [5.41, 5.74) is 6.07. The number of benzene rings is 1. The van der Waals surface area contributed by atoms with Crippen LogP contribution in [0.15, 0.2) is 18.2 Å². The lowest BCUT2D eigenvalue weighted by Gasteiger charge is -2.23. The van der Waals surface area contributed by atoms with E-state index < -0.39 is 10.0 Å². The van der Waals surface area contributed by atoms with Crippen molar-refractivity contribution in [2.24, 2.45) is 5.73 Å². The van der Waals surface area contributed by atoms with Crippen molar-refractivity contribution < 1.29 is 8.42 Å². The maximum atomic E-state index is 12.4. The standard InChI is InChI=1S/C12H16Cl2N2O2S/c13-11-4-1-5-12(14)10(11)8-19(17,18)16-6-2-3-9(16)7-15/h1,4-5,9H,2-3,6-8,15H2/t9-/m1/s1. The average Bonchev–Trinajstić information content (AvgIpc) is 2.83. The Morgan fingerprint density at radius 3 is 2.53 bits per heavy atom. The van der Waals surface area contributed by atoms with E-state index in [9.17, 15) is 8.42 Å². The second-order valence-corrected chi connectivity index (χ2v) is 7.33. The minimum Gasteiger partial charge on any atom is -0.329 e. The summed E-state index contributed by atoms with van der Waals surface area (Å²) in [6.07, 6.45) is 1.66. The van der Waals surface area contributed by atoms with Crippen LogP contribution in [0, 0.1) is 0 Å². The molecule has 1 aromatic rings. The number of nitrogens with zero attached hydrogens (tertiary/aromatic N) is 1. The molecule has 0 amide bonds. The zero-order valence-electron chi connectivity index (χ0n) is 10.4. The van der Waals surface area contributed by atoms with Gasteiger partial charge in [0.05, 0.1) is 5.75 Å². The maximum absolute atomic E-state index is 12.4. The van der Waals surface area contributed by atoms with Crippen molar-refractivity contribution in [1.29, 1.82) is 0 Å². The summed E-state index contributed by atoms with van der Waals surface area (Å²) in [5, 5.41) is 0.749. The summed E-state index contributed by atoms with van der Waals surface area (Å²) < 4.78 is 26.3. The van der Waals surface area contributed by atoms with Gasteiger partial charge in [0, 0.05) is 34.7 Å². The van der Waals surface area contributed by atoms with Gasteiger partial charge in [-0.25, -0.2) is 8.42 Å². The second kappa shape index (κ2) is 5.97. The van der Waals surface area contributed by atoms with Crippen LogP contribution in [0.5, 0.6) is 0 Å². The zero-order chi connectivity index (χ0) is 14.0. The number of rotatable bonds is 4. The summed E-state index contributed by atoms with van der Waals surface area (Å²) in [5.74, 6) is -0.179. The Hall–Kier alpha value is -0.330. The van der Waals surface area contributed by atoms with Crippen LogP contribution in [-0.2, 0) is 15.8 Å². The molecule has 7 heteroatoms. The van der Waals surface area contributed by atoms with Gasteiger partial charge in [0.1, 0.15) is 0 Å². The first-order chi connectivity index (χ1) is 8.95. The first-order valence-corrected chi connectivity index (χ1v) is 8.44. The third-order valence-corrected chi connectivity index (χ3v) is 5.90. The molecule has 2 N–H and O–H groups in total. The molecule has 106 valence electrons. The molecule has 1 aliphatic rings. The number of halogens is 2. The Kier molecular flexibility index (Phi) is 4.74. The molecule has 0 spiro atoms. The number of sulfonamides is 1. The molecule has 1 atom stereocenters. The normalized spacial score (nSPS) is 20.9. The van der Waals surface area contributed by atoms with Crippen LogP contribution in [0.2, 0.25) is 10.0 Å². The van der Waals surface area contributed by atoms with E-state index in [2.05, 4.69) is 0 Å². The Balaban J connectivity index is 2.27. The van der Waals surface area contributed by atoms with Crippen molar-refractivity contribution in [2.75, 3.05) is 13.1 Å². The van der Waals surface area contributed by atoms with Gasteiger partial charge >= 0.3 is 0 Å². The van der Waals surface area contributed by atoms with Gasteiger partial charge < -0.3 is 5.73 Å². The van der Waals surface area contributed by atoms with Gasteiger partial charge in [-0.2, -0.15) is 4.31 Å². The van der Waals surface area contributed by atoms with E-state index in [4.69, 9.17) is 28.9 Å². The number of hydrogen-bond donors (Lipinski definition) is 1. The highest BCUT2D eigenvalue weighted by Crippen LogP contribution is 2.29. The lowest BCUT2D eigenvalue weighted by Crippen LogP contribution is -2.40. The molecular weight excluding hydrogens is 307 g/mol. The van der Waals surface area contributed by atoms with Crippen LogP contribution in [0.4, 0.5) is 0 Å². The Morgan fingerprint density at radius 1 is 1.32 bits per heavy atom. The molecule has 0 saturated carbocycles. The molecule has 0 aromatic heterocycles. The fraction of sp³-hybridized carbons (Fsp3) is 0.500. The van der Waals surface area contributed by atoms with Gasteiger partial charge in [0.15, 0.2) is 0 Å². The molecule has 0 aliphatic carbocycles. The van der Waals surface area contributed by atoms with Crippen LogP contribution >= 0.6 is 23.2 Å². The molecule has 4 nitrogen and oxygen atoms in total. The smallest absolute Gasteiger partial charge is 0.218 e. The van der Waals surface area contributed by atoms with E-state index in [1.807, 2.05) is 0 Å². The molecule has 1 heterocycles. The first-order valence-electron chi connectivity index (χ1n) is 6.08. The highest BCUT2D eigenvalue weighted by atomic mass is 35.5. The van der Waals surface area contributed by atoms with Gasteiger partial charge in [-0.1, -0.05) is 29.3 Å². The van der Waals surface area contributed by atoms with Crippen molar-refractivity contribution >= 4 is 33.2 Å². The molecule has 0 unspecified atom stereocenters. The minimum absolute atomic E-state index is 0.105. The summed E-state index contributed by atoms with van der Waals surface area (Å²) in [6.45, 7) is 0.863. The van der Waals surface area contributed by atoms with Crippen molar-refractivity contribution in [3.05, 3.63) is 33.8 Å². The molecule has 1 fully saturated rings. The molecule has 2 rings (SSSR count). The van der Waals surface area contributed by atoms with E-state index >= 15 is 0 Å². The lowest BCUT2D eigenvalue weighted by molar-refractivity contribution is 0.392. The SMILES string of the molecule is NC[C@H]1CCCN1S(=O)(=O)Cc1c(Cl)cccc1Cl.